The van der Waals surface area contributed by atoms with Gasteiger partial charge in [0.15, 0.2) is 0 Å². The van der Waals surface area contributed by atoms with Crippen molar-refractivity contribution in [3.05, 3.63) is 65.6 Å². The third-order valence-electron chi connectivity index (χ3n) is 5.99. The smallest absolute Gasteiger partial charge is 0.290 e. The number of carbonyl (C=O) groups is 3. The Morgan fingerprint density at radius 2 is 1.97 bits per heavy atom. The van der Waals surface area contributed by atoms with Gasteiger partial charge >= 0.3 is 0 Å². The van der Waals surface area contributed by atoms with Gasteiger partial charge in [0.2, 0.25) is 11.7 Å². The van der Waals surface area contributed by atoms with E-state index in [1.54, 1.807) is 25.1 Å². The molecule has 2 heterocycles. The lowest BCUT2D eigenvalue weighted by atomic mass is 9.77. The zero-order valence-electron chi connectivity index (χ0n) is 18.1. The lowest BCUT2D eigenvalue weighted by molar-refractivity contribution is -0.148. The lowest BCUT2D eigenvalue weighted by Crippen LogP contribution is -2.56. The number of hydrogen-bond donors (Lipinski definition) is 3. The normalized spacial score (nSPS) is 23.1. The van der Waals surface area contributed by atoms with E-state index in [2.05, 4.69) is 5.32 Å². The molecule has 9 nitrogen and oxygen atoms in total. The van der Waals surface area contributed by atoms with Crippen molar-refractivity contribution in [2.24, 2.45) is 0 Å². The predicted molar refractivity (Wildman–Crippen MR) is 116 cm³/mol. The number of hydrogen-bond acceptors (Lipinski definition) is 7. The Morgan fingerprint density at radius 3 is 2.67 bits per heavy atom. The Bertz CT molecular complexity index is 1060. The highest BCUT2D eigenvalue weighted by Crippen LogP contribution is 2.47. The molecular weight excluding hydrogens is 428 g/mol. The second kappa shape index (κ2) is 9.60. The van der Waals surface area contributed by atoms with Crippen LogP contribution in [0.15, 0.2) is 58.9 Å². The lowest BCUT2D eigenvalue weighted by Gasteiger charge is -2.40. The van der Waals surface area contributed by atoms with Crippen molar-refractivity contribution >= 4 is 17.6 Å². The fourth-order valence-corrected chi connectivity index (χ4v) is 4.39. The van der Waals surface area contributed by atoms with Crippen LogP contribution >= 0.6 is 0 Å². The van der Waals surface area contributed by atoms with E-state index in [1.165, 1.54) is 23.5 Å². The largest absolute Gasteiger partial charge is 0.486 e. The number of nitrogens with one attached hydrogen (secondary N) is 1. The van der Waals surface area contributed by atoms with Crippen LogP contribution in [-0.4, -0.2) is 64.1 Å². The third kappa shape index (κ3) is 4.29. The van der Waals surface area contributed by atoms with E-state index >= 15 is 0 Å². The fourth-order valence-electron chi connectivity index (χ4n) is 4.39. The summed E-state index contributed by atoms with van der Waals surface area (Å²) in [7, 11) is 0. The van der Waals surface area contributed by atoms with Crippen LogP contribution in [0.3, 0.4) is 0 Å². The topological polar surface area (TPSA) is 129 Å². The van der Waals surface area contributed by atoms with Gasteiger partial charge < -0.3 is 29.6 Å². The molecule has 1 aliphatic carbocycles. The van der Waals surface area contributed by atoms with E-state index in [0.717, 1.165) is 5.56 Å². The van der Waals surface area contributed by atoms with Crippen LogP contribution in [0.1, 0.15) is 30.4 Å². The number of aliphatic hydroxyl groups excluding tert-OH is 2. The first-order valence-electron chi connectivity index (χ1n) is 10.9. The predicted octanol–water partition coefficient (Wildman–Crippen LogP) is 0.910. The molecule has 2 aliphatic rings. The van der Waals surface area contributed by atoms with Gasteiger partial charge in [-0.25, -0.2) is 0 Å². The van der Waals surface area contributed by atoms with Crippen LogP contribution in [0.4, 0.5) is 0 Å². The quantitative estimate of drug-likeness (QED) is 0.506. The maximum Gasteiger partial charge on any atom is 0.290 e. The van der Waals surface area contributed by atoms with Gasteiger partial charge in [-0.15, -0.1) is 0 Å². The summed E-state index contributed by atoms with van der Waals surface area (Å²) in [6.45, 7) is 1.41. The zero-order chi connectivity index (χ0) is 23.5. The van der Waals surface area contributed by atoms with Crippen LogP contribution < -0.4 is 10.1 Å². The number of ether oxygens (including phenoxy) is 1. The molecule has 4 rings (SSSR count). The van der Waals surface area contributed by atoms with Crippen LogP contribution in [0.2, 0.25) is 0 Å². The average molecular weight is 454 g/mol. The van der Waals surface area contributed by atoms with Crippen molar-refractivity contribution in [1.29, 1.82) is 0 Å². The molecule has 9 heteroatoms. The number of fused-ring (bicyclic) bond motifs is 3. The van der Waals surface area contributed by atoms with Crippen LogP contribution in [0.5, 0.6) is 5.75 Å². The maximum atomic E-state index is 13.0. The van der Waals surface area contributed by atoms with Gasteiger partial charge in [-0.2, -0.15) is 0 Å². The molecule has 0 radical (unpaired) electrons. The molecule has 33 heavy (non-hydrogen) atoms. The second-order valence-electron chi connectivity index (χ2n) is 8.02. The van der Waals surface area contributed by atoms with E-state index in [9.17, 15) is 19.5 Å². The molecule has 1 aromatic heterocycles. The van der Waals surface area contributed by atoms with Gasteiger partial charge in [-0.3, -0.25) is 14.4 Å². The number of rotatable bonds is 8. The fraction of sp³-hybridized carbons (Fsp3) is 0.375. The minimum atomic E-state index is -1.20. The van der Waals surface area contributed by atoms with Crippen LogP contribution in [-0.2, 0) is 20.9 Å². The average Bonchev–Trinajstić information content (AvgIpc) is 3.49. The second-order valence-corrected chi connectivity index (χ2v) is 8.02. The zero-order valence-corrected chi connectivity index (χ0v) is 18.1. The van der Waals surface area contributed by atoms with E-state index in [0.29, 0.717) is 16.9 Å². The number of nitrogens with zero attached hydrogens (tertiary/aromatic N) is 1. The van der Waals surface area contributed by atoms with E-state index in [-0.39, 0.29) is 26.1 Å². The van der Waals surface area contributed by atoms with Crippen LogP contribution in [0.25, 0.3) is 0 Å². The summed E-state index contributed by atoms with van der Waals surface area (Å²) in [5, 5.41) is 23.1. The summed E-state index contributed by atoms with van der Waals surface area (Å²) in [5.41, 5.74) is 1.70. The Balaban J connectivity index is 1.77. The molecule has 2 amide bonds. The minimum absolute atomic E-state index is 0.00505. The summed E-state index contributed by atoms with van der Waals surface area (Å²) in [6, 6.07) is 7.87. The number of aliphatic hydroxyl groups is 2. The van der Waals surface area contributed by atoms with E-state index < -0.39 is 41.8 Å². The highest BCUT2D eigenvalue weighted by Gasteiger charge is 2.50. The van der Waals surface area contributed by atoms with Gasteiger partial charge in [-0.1, -0.05) is 25.1 Å². The summed E-state index contributed by atoms with van der Waals surface area (Å²) >= 11 is 0. The van der Waals surface area contributed by atoms with Gasteiger partial charge in [0, 0.05) is 36.2 Å². The first-order valence-corrected chi connectivity index (χ1v) is 10.9. The summed E-state index contributed by atoms with van der Waals surface area (Å²) in [5.74, 6) is -1.82. The molecular formula is C24H26N2O7. The Morgan fingerprint density at radius 1 is 1.18 bits per heavy atom. The number of Topliss-reactive ketones (excluding diaryl/α,β-unsaturated/α-hetero) is 1. The highest BCUT2D eigenvalue weighted by molar-refractivity contribution is 6.36. The summed E-state index contributed by atoms with van der Waals surface area (Å²) in [4.78, 5) is 39.7. The van der Waals surface area contributed by atoms with Crippen molar-refractivity contribution in [3.63, 3.8) is 0 Å². The number of benzene rings is 1. The third-order valence-corrected chi connectivity index (χ3v) is 5.99. The van der Waals surface area contributed by atoms with Crippen molar-refractivity contribution in [2.75, 3.05) is 13.2 Å². The molecule has 4 unspecified atom stereocenters. The van der Waals surface area contributed by atoms with Crippen LogP contribution in [0, 0.1) is 0 Å². The number of ketones is 1. The molecule has 3 N–H and O–H groups in total. The number of amides is 2. The van der Waals surface area contributed by atoms with E-state index in [4.69, 9.17) is 14.3 Å². The molecule has 2 aromatic rings. The van der Waals surface area contributed by atoms with Crippen molar-refractivity contribution < 1.29 is 33.8 Å². The van der Waals surface area contributed by atoms with E-state index in [1.807, 2.05) is 12.1 Å². The Hall–Kier alpha value is -3.43. The van der Waals surface area contributed by atoms with Crippen molar-refractivity contribution in [2.45, 2.75) is 44.1 Å². The molecule has 0 saturated heterocycles. The molecule has 0 saturated carbocycles. The van der Waals surface area contributed by atoms with Gasteiger partial charge in [0.25, 0.3) is 5.91 Å². The monoisotopic (exact) mass is 454 g/mol. The van der Waals surface area contributed by atoms with Gasteiger partial charge in [0.1, 0.15) is 18.0 Å². The number of para-hydroxylation sites is 1. The SMILES string of the molecule is CCC(=O)C(=O)N(Cc1ccoc1)C1C=C(C(=O)NCCO)C2c3ccccc3OC2C1O. The van der Waals surface area contributed by atoms with Gasteiger partial charge in [-0.05, 0) is 18.2 Å². The first-order chi connectivity index (χ1) is 16.0. The summed E-state index contributed by atoms with van der Waals surface area (Å²) in [6.07, 6.45) is 2.42. The molecule has 0 bridgehead atoms. The van der Waals surface area contributed by atoms with Crippen molar-refractivity contribution in [3.8, 4) is 5.75 Å². The number of carbonyl (C=O) groups excluding carboxylic acids is 3. The molecule has 0 spiro atoms. The Kier molecular flexibility index (Phi) is 6.62. The minimum Gasteiger partial charge on any atom is -0.486 e. The van der Waals surface area contributed by atoms with Gasteiger partial charge in [0.05, 0.1) is 31.1 Å². The summed E-state index contributed by atoms with van der Waals surface area (Å²) < 4.78 is 11.1. The highest BCUT2D eigenvalue weighted by atomic mass is 16.5. The molecule has 0 fully saturated rings. The maximum absolute atomic E-state index is 13.0. The van der Waals surface area contributed by atoms with Crippen molar-refractivity contribution in [1.82, 2.24) is 10.2 Å². The molecule has 1 aromatic carbocycles. The number of furan rings is 1. The first kappa shape index (κ1) is 22.8. The Labute approximate surface area is 190 Å². The molecule has 1 aliphatic heterocycles. The standard InChI is InChI=1S/C24H26N2O7/c1-2-18(28)24(31)26(12-14-7-10-32-13-14)17-11-16(23(30)25-8-9-27)20-15-5-3-4-6-19(15)33-22(20)21(17)29/h3-7,10-11,13,17,20-22,27,29H,2,8-9,12H2,1H3,(H,25,30). The molecule has 174 valence electrons. The molecule has 4 atom stereocenters.